The maximum Gasteiger partial charge on any atom is 0.0249 e. The standard InChI is InChI=1S/C23H40N2/c24-15-21(25-20-8-2-1-3-9-20)23-13-17-10-18(14-23)12-22(11-17,16-23)19-6-4-5-7-19/h17-21,25H,1-16,24H2. The van der Waals surface area contributed by atoms with Crippen molar-refractivity contribution in [3.05, 3.63) is 0 Å². The molecule has 2 heteroatoms. The van der Waals surface area contributed by atoms with Crippen LogP contribution in [0.1, 0.15) is 96.3 Å². The molecular formula is C23H40N2. The number of rotatable bonds is 5. The monoisotopic (exact) mass is 344 g/mol. The second-order valence-corrected chi connectivity index (χ2v) is 11.0. The Morgan fingerprint density at radius 2 is 1.48 bits per heavy atom. The molecule has 0 aliphatic heterocycles. The molecule has 142 valence electrons. The molecule has 6 aliphatic rings. The molecule has 0 radical (unpaired) electrons. The summed E-state index contributed by atoms with van der Waals surface area (Å²) in [6.45, 7) is 0.872. The molecule has 6 rings (SSSR count). The third-order valence-corrected chi connectivity index (χ3v) is 9.39. The van der Waals surface area contributed by atoms with Crippen LogP contribution in [0.5, 0.6) is 0 Å². The molecule has 6 aliphatic carbocycles. The van der Waals surface area contributed by atoms with E-state index in [2.05, 4.69) is 5.32 Å². The minimum Gasteiger partial charge on any atom is -0.329 e. The van der Waals surface area contributed by atoms with Gasteiger partial charge in [-0.2, -0.15) is 0 Å². The summed E-state index contributed by atoms with van der Waals surface area (Å²) in [5, 5.41) is 4.15. The Morgan fingerprint density at radius 3 is 2.12 bits per heavy atom. The first kappa shape index (κ1) is 17.0. The first-order valence-corrected chi connectivity index (χ1v) is 11.7. The van der Waals surface area contributed by atoms with Gasteiger partial charge in [0, 0.05) is 18.6 Å². The van der Waals surface area contributed by atoms with E-state index in [1.807, 2.05) is 0 Å². The van der Waals surface area contributed by atoms with Gasteiger partial charge >= 0.3 is 0 Å². The number of hydrogen-bond acceptors (Lipinski definition) is 2. The van der Waals surface area contributed by atoms with Crippen LogP contribution in [-0.4, -0.2) is 18.6 Å². The van der Waals surface area contributed by atoms with Crippen molar-refractivity contribution in [3.8, 4) is 0 Å². The summed E-state index contributed by atoms with van der Waals surface area (Å²) in [5.41, 5.74) is 7.72. The number of hydrogen-bond donors (Lipinski definition) is 2. The largest absolute Gasteiger partial charge is 0.329 e. The summed E-state index contributed by atoms with van der Waals surface area (Å²) in [5.74, 6) is 3.12. The molecule has 0 aromatic carbocycles. The molecule has 0 saturated heterocycles. The van der Waals surface area contributed by atoms with Gasteiger partial charge in [0.2, 0.25) is 0 Å². The predicted octanol–water partition coefficient (Wildman–Crippen LogP) is 5.01. The van der Waals surface area contributed by atoms with E-state index in [4.69, 9.17) is 5.73 Å². The summed E-state index contributed by atoms with van der Waals surface area (Å²) < 4.78 is 0. The molecule has 0 spiro atoms. The fourth-order valence-electron chi connectivity index (χ4n) is 8.88. The van der Waals surface area contributed by atoms with Crippen LogP contribution in [-0.2, 0) is 0 Å². The van der Waals surface area contributed by atoms with Crippen LogP contribution >= 0.6 is 0 Å². The fraction of sp³-hybridized carbons (Fsp3) is 1.00. The van der Waals surface area contributed by atoms with Gasteiger partial charge < -0.3 is 11.1 Å². The van der Waals surface area contributed by atoms with Gasteiger partial charge in [0.1, 0.15) is 0 Å². The Labute approximate surface area is 155 Å². The van der Waals surface area contributed by atoms with E-state index < -0.39 is 0 Å². The predicted molar refractivity (Wildman–Crippen MR) is 104 cm³/mol. The van der Waals surface area contributed by atoms with E-state index in [0.717, 1.165) is 35.8 Å². The highest BCUT2D eigenvalue weighted by Gasteiger charge is 2.61. The van der Waals surface area contributed by atoms with Gasteiger partial charge in [0.15, 0.2) is 0 Å². The van der Waals surface area contributed by atoms with Gasteiger partial charge in [-0.05, 0) is 92.8 Å². The molecule has 2 nitrogen and oxygen atoms in total. The highest BCUT2D eigenvalue weighted by molar-refractivity contribution is 5.13. The quantitative estimate of drug-likeness (QED) is 0.735. The molecule has 4 bridgehead atoms. The fourth-order valence-corrected chi connectivity index (χ4v) is 8.88. The highest BCUT2D eigenvalue weighted by Crippen LogP contribution is 2.69. The minimum atomic E-state index is 0.554. The summed E-state index contributed by atoms with van der Waals surface area (Å²) in [6.07, 6.45) is 22.4. The zero-order chi connectivity index (χ0) is 16.9. The zero-order valence-electron chi connectivity index (χ0n) is 16.3. The van der Waals surface area contributed by atoms with Crippen LogP contribution in [0.3, 0.4) is 0 Å². The van der Waals surface area contributed by atoms with Gasteiger partial charge in [-0.15, -0.1) is 0 Å². The number of nitrogens with one attached hydrogen (secondary N) is 1. The van der Waals surface area contributed by atoms with Crippen molar-refractivity contribution in [2.75, 3.05) is 6.54 Å². The van der Waals surface area contributed by atoms with Crippen LogP contribution in [0.4, 0.5) is 0 Å². The molecule has 3 unspecified atom stereocenters. The Hall–Kier alpha value is -0.0800. The molecule has 3 atom stereocenters. The Kier molecular flexibility index (Phi) is 4.44. The van der Waals surface area contributed by atoms with Gasteiger partial charge in [-0.3, -0.25) is 0 Å². The van der Waals surface area contributed by atoms with E-state index >= 15 is 0 Å². The van der Waals surface area contributed by atoms with Gasteiger partial charge in [0.05, 0.1) is 0 Å². The molecule has 0 aromatic rings. The molecule has 0 aromatic heterocycles. The van der Waals surface area contributed by atoms with Crippen molar-refractivity contribution in [1.82, 2.24) is 5.32 Å². The summed E-state index contributed by atoms with van der Waals surface area (Å²) >= 11 is 0. The van der Waals surface area contributed by atoms with E-state index in [0.29, 0.717) is 11.5 Å². The highest BCUT2D eigenvalue weighted by atomic mass is 15.0. The summed E-state index contributed by atoms with van der Waals surface area (Å²) in [4.78, 5) is 0. The van der Waals surface area contributed by atoms with E-state index in [1.54, 1.807) is 32.1 Å². The maximum atomic E-state index is 6.45. The van der Waals surface area contributed by atoms with E-state index in [1.165, 1.54) is 64.2 Å². The lowest BCUT2D eigenvalue weighted by atomic mass is 9.40. The summed E-state index contributed by atoms with van der Waals surface area (Å²) in [7, 11) is 0. The second-order valence-electron chi connectivity index (χ2n) is 11.0. The van der Waals surface area contributed by atoms with Gasteiger partial charge in [0.25, 0.3) is 0 Å². The van der Waals surface area contributed by atoms with Crippen molar-refractivity contribution in [2.24, 2.45) is 34.3 Å². The molecule has 25 heavy (non-hydrogen) atoms. The lowest BCUT2D eigenvalue weighted by molar-refractivity contribution is -0.148. The maximum absolute atomic E-state index is 6.45. The third kappa shape index (κ3) is 2.90. The molecule has 6 saturated carbocycles. The molecule has 0 amide bonds. The van der Waals surface area contributed by atoms with E-state index in [-0.39, 0.29) is 0 Å². The van der Waals surface area contributed by atoms with Crippen molar-refractivity contribution >= 4 is 0 Å². The lowest BCUT2D eigenvalue weighted by Crippen LogP contribution is -2.63. The second kappa shape index (κ2) is 6.51. The smallest absolute Gasteiger partial charge is 0.0249 e. The lowest BCUT2D eigenvalue weighted by Gasteiger charge is -2.66. The average molecular weight is 345 g/mol. The molecule has 6 fully saturated rings. The van der Waals surface area contributed by atoms with Gasteiger partial charge in [-0.25, -0.2) is 0 Å². The van der Waals surface area contributed by atoms with Crippen LogP contribution in [0.25, 0.3) is 0 Å². The van der Waals surface area contributed by atoms with Crippen LogP contribution < -0.4 is 11.1 Å². The van der Waals surface area contributed by atoms with Crippen LogP contribution in [0.2, 0.25) is 0 Å². The molecule has 3 N–H and O–H groups in total. The van der Waals surface area contributed by atoms with Crippen molar-refractivity contribution in [2.45, 2.75) is 108 Å². The SMILES string of the molecule is NCC(NC1CCCCC1)C12CC3CC(CC(C4CCCC4)(C3)C1)C2. The van der Waals surface area contributed by atoms with E-state index in [9.17, 15) is 0 Å². The van der Waals surface area contributed by atoms with Gasteiger partial charge in [-0.1, -0.05) is 32.1 Å². The van der Waals surface area contributed by atoms with Crippen molar-refractivity contribution < 1.29 is 0 Å². The van der Waals surface area contributed by atoms with Crippen LogP contribution in [0.15, 0.2) is 0 Å². The Morgan fingerprint density at radius 1 is 0.840 bits per heavy atom. The van der Waals surface area contributed by atoms with Crippen LogP contribution in [0, 0.1) is 28.6 Å². The Balaban J connectivity index is 1.39. The van der Waals surface area contributed by atoms with Crippen molar-refractivity contribution in [3.63, 3.8) is 0 Å². The zero-order valence-corrected chi connectivity index (χ0v) is 16.3. The molecule has 0 heterocycles. The number of nitrogens with two attached hydrogens (primary N) is 1. The molecular weight excluding hydrogens is 304 g/mol. The first-order chi connectivity index (χ1) is 12.2. The first-order valence-electron chi connectivity index (χ1n) is 11.7. The third-order valence-electron chi connectivity index (χ3n) is 9.39. The average Bonchev–Trinajstić information content (AvgIpc) is 3.15. The normalized spacial score (nSPS) is 46.0. The Bertz CT molecular complexity index is 460. The topological polar surface area (TPSA) is 38.0 Å². The van der Waals surface area contributed by atoms with Crippen molar-refractivity contribution in [1.29, 1.82) is 0 Å². The summed E-state index contributed by atoms with van der Waals surface area (Å²) in [6, 6.07) is 1.36. The minimum absolute atomic E-state index is 0.554.